The number of nitrogens with one attached hydrogen (secondary N) is 1. The van der Waals surface area contributed by atoms with Crippen molar-refractivity contribution in [2.24, 2.45) is 12.8 Å². The molecule has 0 fully saturated rings. The molecule has 1 heterocycles. The third-order valence-corrected chi connectivity index (χ3v) is 1.75. The number of carbonyl (C=O) groups is 1. The number of amides is 1. The highest BCUT2D eigenvalue weighted by molar-refractivity contribution is 5.89. The lowest BCUT2D eigenvalue weighted by Gasteiger charge is -1.98. The summed E-state index contributed by atoms with van der Waals surface area (Å²) in [6.45, 7) is 2.28. The fourth-order valence-corrected chi connectivity index (χ4v) is 0.958. The van der Waals surface area contributed by atoms with Crippen molar-refractivity contribution >= 4 is 11.7 Å². The monoisotopic (exact) mass is 182 g/mol. The standard InChI is InChI=1S/C8H14N4O/c1-6-5-7(11-12(6)2)10-8(13)3-4-9/h5H,3-4,9H2,1-2H3,(H,10,11,13). The highest BCUT2D eigenvalue weighted by Crippen LogP contribution is 2.06. The Morgan fingerprint density at radius 3 is 2.92 bits per heavy atom. The normalized spacial score (nSPS) is 10.1. The minimum absolute atomic E-state index is 0.0967. The molecular formula is C8H14N4O. The maximum atomic E-state index is 11.1. The van der Waals surface area contributed by atoms with Crippen LogP contribution in [-0.2, 0) is 11.8 Å². The lowest BCUT2D eigenvalue weighted by atomic mass is 10.4. The Hall–Kier alpha value is -1.36. The molecule has 5 heteroatoms. The SMILES string of the molecule is Cc1cc(NC(=O)CCN)nn1C. The Balaban J connectivity index is 2.59. The molecule has 1 amide bonds. The summed E-state index contributed by atoms with van der Waals surface area (Å²) in [6.07, 6.45) is 0.329. The smallest absolute Gasteiger partial charge is 0.226 e. The minimum atomic E-state index is -0.0967. The van der Waals surface area contributed by atoms with E-state index in [0.717, 1.165) is 5.69 Å². The Morgan fingerprint density at radius 2 is 2.46 bits per heavy atom. The number of hydrogen-bond donors (Lipinski definition) is 2. The molecule has 5 nitrogen and oxygen atoms in total. The number of rotatable bonds is 3. The van der Waals surface area contributed by atoms with Crippen molar-refractivity contribution in [1.82, 2.24) is 9.78 Å². The van der Waals surface area contributed by atoms with E-state index in [9.17, 15) is 4.79 Å². The molecule has 1 aromatic rings. The maximum absolute atomic E-state index is 11.1. The predicted molar refractivity (Wildman–Crippen MR) is 50.2 cm³/mol. The second-order valence-corrected chi connectivity index (χ2v) is 2.88. The zero-order chi connectivity index (χ0) is 9.84. The van der Waals surface area contributed by atoms with Gasteiger partial charge in [0.15, 0.2) is 5.82 Å². The van der Waals surface area contributed by atoms with Crippen LogP contribution in [0.2, 0.25) is 0 Å². The molecule has 0 unspecified atom stereocenters. The molecule has 0 spiro atoms. The van der Waals surface area contributed by atoms with Gasteiger partial charge in [-0.15, -0.1) is 0 Å². The molecule has 72 valence electrons. The molecule has 0 aliphatic carbocycles. The van der Waals surface area contributed by atoms with Crippen molar-refractivity contribution in [3.8, 4) is 0 Å². The van der Waals surface area contributed by atoms with Gasteiger partial charge in [-0.1, -0.05) is 0 Å². The van der Waals surface area contributed by atoms with E-state index in [-0.39, 0.29) is 5.91 Å². The lowest BCUT2D eigenvalue weighted by Crippen LogP contribution is -2.16. The Bertz CT molecular complexity index is 286. The molecule has 0 radical (unpaired) electrons. The van der Waals surface area contributed by atoms with Crippen LogP contribution in [0, 0.1) is 6.92 Å². The van der Waals surface area contributed by atoms with Gasteiger partial charge in [0.1, 0.15) is 0 Å². The van der Waals surface area contributed by atoms with Gasteiger partial charge in [-0.05, 0) is 6.92 Å². The van der Waals surface area contributed by atoms with Gasteiger partial charge in [-0.25, -0.2) is 0 Å². The zero-order valence-electron chi connectivity index (χ0n) is 7.87. The van der Waals surface area contributed by atoms with Crippen LogP contribution in [0.15, 0.2) is 6.07 Å². The molecule has 0 aromatic carbocycles. The molecule has 0 aliphatic rings. The summed E-state index contributed by atoms with van der Waals surface area (Å²) >= 11 is 0. The first-order valence-corrected chi connectivity index (χ1v) is 4.14. The van der Waals surface area contributed by atoms with Gasteiger partial charge in [0.2, 0.25) is 5.91 Å². The van der Waals surface area contributed by atoms with Gasteiger partial charge in [-0.2, -0.15) is 5.10 Å². The quantitative estimate of drug-likeness (QED) is 0.692. The molecule has 0 aliphatic heterocycles. The van der Waals surface area contributed by atoms with Crippen LogP contribution in [0.4, 0.5) is 5.82 Å². The second kappa shape index (κ2) is 4.04. The van der Waals surface area contributed by atoms with Gasteiger partial charge in [0.05, 0.1) is 0 Å². The summed E-state index contributed by atoms with van der Waals surface area (Å²) in [5.41, 5.74) is 6.23. The van der Waals surface area contributed by atoms with Gasteiger partial charge in [0.25, 0.3) is 0 Å². The van der Waals surface area contributed by atoms with Crippen LogP contribution in [0.3, 0.4) is 0 Å². The Kier molecular flexibility index (Phi) is 3.02. The highest BCUT2D eigenvalue weighted by Gasteiger charge is 2.04. The predicted octanol–water partition coefficient (Wildman–Crippen LogP) is 0.0158. The van der Waals surface area contributed by atoms with E-state index >= 15 is 0 Å². The Morgan fingerprint density at radius 1 is 1.77 bits per heavy atom. The number of aromatic nitrogens is 2. The van der Waals surface area contributed by atoms with Crippen LogP contribution in [0.5, 0.6) is 0 Å². The second-order valence-electron chi connectivity index (χ2n) is 2.88. The average molecular weight is 182 g/mol. The highest BCUT2D eigenvalue weighted by atomic mass is 16.1. The van der Waals surface area contributed by atoms with Crippen LogP contribution in [-0.4, -0.2) is 22.2 Å². The average Bonchev–Trinajstić information content (AvgIpc) is 2.31. The van der Waals surface area contributed by atoms with E-state index < -0.39 is 0 Å². The van der Waals surface area contributed by atoms with Crippen molar-refractivity contribution in [3.05, 3.63) is 11.8 Å². The number of nitrogens with two attached hydrogens (primary N) is 1. The van der Waals surface area contributed by atoms with Crippen molar-refractivity contribution < 1.29 is 4.79 Å². The summed E-state index contributed by atoms with van der Waals surface area (Å²) < 4.78 is 1.71. The molecule has 0 bridgehead atoms. The van der Waals surface area contributed by atoms with E-state index in [1.165, 1.54) is 0 Å². The summed E-state index contributed by atoms with van der Waals surface area (Å²) in [5, 5.41) is 6.73. The van der Waals surface area contributed by atoms with Crippen molar-refractivity contribution in [2.45, 2.75) is 13.3 Å². The van der Waals surface area contributed by atoms with Crippen LogP contribution in [0.1, 0.15) is 12.1 Å². The maximum Gasteiger partial charge on any atom is 0.226 e. The molecule has 1 rings (SSSR count). The molecule has 3 N–H and O–H groups in total. The molecule has 0 saturated heterocycles. The lowest BCUT2D eigenvalue weighted by molar-refractivity contribution is -0.116. The molecule has 0 atom stereocenters. The van der Waals surface area contributed by atoms with Crippen molar-refractivity contribution in [2.75, 3.05) is 11.9 Å². The largest absolute Gasteiger partial charge is 0.330 e. The minimum Gasteiger partial charge on any atom is -0.330 e. The van der Waals surface area contributed by atoms with E-state index in [1.54, 1.807) is 4.68 Å². The first kappa shape index (κ1) is 9.73. The molecule has 13 heavy (non-hydrogen) atoms. The van der Waals surface area contributed by atoms with E-state index in [4.69, 9.17) is 5.73 Å². The van der Waals surface area contributed by atoms with E-state index in [0.29, 0.717) is 18.8 Å². The molecule has 0 saturated carbocycles. The fourth-order valence-electron chi connectivity index (χ4n) is 0.958. The zero-order valence-corrected chi connectivity index (χ0v) is 7.87. The molecular weight excluding hydrogens is 168 g/mol. The number of hydrogen-bond acceptors (Lipinski definition) is 3. The summed E-state index contributed by atoms with van der Waals surface area (Å²) in [4.78, 5) is 11.1. The fraction of sp³-hybridized carbons (Fsp3) is 0.500. The first-order valence-electron chi connectivity index (χ1n) is 4.14. The topological polar surface area (TPSA) is 72.9 Å². The first-order chi connectivity index (χ1) is 6.13. The third kappa shape index (κ3) is 2.55. The summed E-state index contributed by atoms with van der Waals surface area (Å²) in [5.74, 6) is 0.485. The number of aryl methyl sites for hydroxylation is 2. The van der Waals surface area contributed by atoms with Gasteiger partial charge >= 0.3 is 0 Å². The number of anilines is 1. The van der Waals surface area contributed by atoms with E-state index in [2.05, 4.69) is 10.4 Å². The summed E-state index contributed by atoms with van der Waals surface area (Å²) in [7, 11) is 1.83. The van der Waals surface area contributed by atoms with Crippen LogP contribution in [0.25, 0.3) is 0 Å². The van der Waals surface area contributed by atoms with E-state index in [1.807, 2.05) is 20.0 Å². The summed E-state index contributed by atoms with van der Waals surface area (Å²) in [6, 6.07) is 1.81. The van der Waals surface area contributed by atoms with Gasteiger partial charge in [0, 0.05) is 31.8 Å². The van der Waals surface area contributed by atoms with Crippen molar-refractivity contribution in [3.63, 3.8) is 0 Å². The van der Waals surface area contributed by atoms with Gasteiger partial charge in [-0.3, -0.25) is 9.48 Å². The van der Waals surface area contributed by atoms with Crippen LogP contribution < -0.4 is 11.1 Å². The van der Waals surface area contributed by atoms with Gasteiger partial charge < -0.3 is 11.1 Å². The van der Waals surface area contributed by atoms with Crippen molar-refractivity contribution in [1.29, 1.82) is 0 Å². The third-order valence-electron chi connectivity index (χ3n) is 1.75. The number of carbonyl (C=O) groups excluding carboxylic acids is 1. The molecule has 1 aromatic heterocycles. The number of nitrogens with zero attached hydrogens (tertiary/aromatic N) is 2. The Labute approximate surface area is 76.9 Å². The van der Waals surface area contributed by atoms with Crippen LogP contribution >= 0.6 is 0 Å².